The van der Waals surface area contributed by atoms with E-state index in [1.807, 2.05) is 30.3 Å². The Kier molecular flexibility index (Phi) is 8.75. The number of unbranched alkanes of at least 4 members (excludes halogenated alkanes) is 3. The minimum atomic E-state index is 0.0698. The summed E-state index contributed by atoms with van der Waals surface area (Å²) in [6.07, 6.45) is 9.11. The molecule has 0 aromatic heterocycles. The molecule has 2 aromatic rings. The van der Waals surface area contributed by atoms with Crippen molar-refractivity contribution in [3.05, 3.63) is 59.7 Å². The first-order valence-electron chi connectivity index (χ1n) is 13.0. The molecule has 5 heteroatoms. The SMILES string of the molecule is CC(=O)c1cccc(OCCCCCCN2CCC(c3cccc(NC(=O)C4CC4)c3)CC2)c1. The van der Waals surface area contributed by atoms with Crippen molar-refractivity contribution in [2.45, 2.75) is 64.2 Å². The van der Waals surface area contributed by atoms with Gasteiger partial charge in [-0.2, -0.15) is 0 Å². The molecule has 182 valence electrons. The average molecular weight is 463 g/mol. The first-order valence-corrected chi connectivity index (χ1v) is 13.0. The van der Waals surface area contributed by atoms with Crippen molar-refractivity contribution in [1.29, 1.82) is 0 Å². The molecule has 2 aromatic carbocycles. The Morgan fingerprint density at radius 2 is 1.71 bits per heavy atom. The molecule has 5 nitrogen and oxygen atoms in total. The Hall–Kier alpha value is -2.66. The topological polar surface area (TPSA) is 58.6 Å². The number of amides is 1. The number of carbonyl (C=O) groups excluding carboxylic acids is 2. The molecule has 1 aliphatic carbocycles. The van der Waals surface area contributed by atoms with E-state index in [4.69, 9.17) is 4.74 Å². The number of piperidine rings is 1. The monoisotopic (exact) mass is 462 g/mol. The molecule has 1 saturated heterocycles. The number of rotatable bonds is 12. The molecule has 2 aliphatic rings. The molecule has 2 fully saturated rings. The number of nitrogens with zero attached hydrogens (tertiary/aromatic N) is 1. The van der Waals surface area contributed by atoms with Crippen LogP contribution in [0.5, 0.6) is 5.75 Å². The molecule has 4 rings (SSSR count). The van der Waals surface area contributed by atoms with Crippen LogP contribution in [0.1, 0.15) is 80.1 Å². The summed E-state index contributed by atoms with van der Waals surface area (Å²) >= 11 is 0. The minimum absolute atomic E-state index is 0.0698. The van der Waals surface area contributed by atoms with E-state index in [0.29, 0.717) is 18.1 Å². The van der Waals surface area contributed by atoms with E-state index in [2.05, 4.69) is 28.4 Å². The number of ketones is 1. The lowest BCUT2D eigenvalue weighted by Crippen LogP contribution is -2.33. The Balaban J connectivity index is 1.08. The summed E-state index contributed by atoms with van der Waals surface area (Å²) in [5, 5.41) is 3.09. The van der Waals surface area contributed by atoms with Crippen LogP contribution in [-0.4, -0.2) is 42.8 Å². The van der Waals surface area contributed by atoms with Crippen molar-refractivity contribution < 1.29 is 14.3 Å². The van der Waals surface area contributed by atoms with Crippen molar-refractivity contribution in [3.8, 4) is 5.75 Å². The number of hydrogen-bond acceptors (Lipinski definition) is 4. The van der Waals surface area contributed by atoms with Crippen LogP contribution in [0.3, 0.4) is 0 Å². The van der Waals surface area contributed by atoms with Gasteiger partial charge in [-0.1, -0.05) is 37.1 Å². The van der Waals surface area contributed by atoms with E-state index in [-0.39, 0.29) is 17.6 Å². The van der Waals surface area contributed by atoms with Gasteiger partial charge in [-0.05, 0) is 101 Å². The molecule has 0 atom stereocenters. The summed E-state index contributed by atoms with van der Waals surface area (Å²) in [5.41, 5.74) is 3.02. The lowest BCUT2D eigenvalue weighted by atomic mass is 9.89. The van der Waals surface area contributed by atoms with Gasteiger partial charge in [0.05, 0.1) is 6.61 Å². The summed E-state index contributed by atoms with van der Waals surface area (Å²) in [6.45, 7) is 5.76. The van der Waals surface area contributed by atoms with Crippen LogP contribution < -0.4 is 10.1 Å². The molecule has 1 amide bonds. The normalized spacial score (nSPS) is 16.9. The zero-order chi connectivity index (χ0) is 23.8. The second kappa shape index (κ2) is 12.2. The van der Waals surface area contributed by atoms with E-state index in [0.717, 1.165) is 43.8 Å². The number of ether oxygens (including phenoxy) is 1. The Bertz CT molecular complexity index is 961. The first kappa shape index (κ1) is 24.5. The number of hydrogen-bond donors (Lipinski definition) is 1. The van der Waals surface area contributed by atoms with Crippen molar-refractivity contribution in [2.75, 3.05) is 31.6 Å². The smallest absolute Gasteiger partial charge is 0.227 e. The van der Waals surface area contributed by atoms with Gasteiger partial charge in [0.2, 0.25) is 5.91 Å². The zero-order valence-electron chi connectivity index (χ0n) is 20.4. The van der Waals surface area contributed by atoms with Crippen LogP contribution in [0.25, 0.3) is 0 Å². The highest BCUT2D eigenvalue weighted by Crippen LogP contribution is 2.32. The highest BCUT2D eigenvalue weighted by Gasteiger charge is 2.29. The number of likely N-dealkylation sites (tertiary alicyclic amines) is 1. The molecule has 1 saturated carbocycles. The number of carbonyl (C=O) groups is 2. The predicted octanol–water partition coefficient (Wildman–Crippen LogP) is 6.06. The van der Waals surface area contributed by atoms with Crippen molar-refractivity contribution in [3.63, 3.8) is 0 Å². The molecular formula is C29H38N2O3. The van der Waals surface area contributed by atoms with Crippen LogP contribution in [0, 0.1) is 5.92 Å². The Morgan fingerprint density at radius 3 is 2.47 bits per heavy atom. The maximum Gasteiger partial charge on any atom is 0.227 e. The lowest BCUT2D eigenvalue weighted by molar-refractivity contribution is -0.117. The van der Waals surface area contributed by atoms with Gasteiger partial charge < -0.3 is 15.0 Å². The fourth-order valence-electron chi connectivity index (χ4n) is 4.74. The average Bonchev–Trinajstić information content (AvgIpc) is 3.70. The van der Waals surface area contributed by atoms with Gasteiger partial charge in [0.25, 0.3) is 0 Å². The quantitative estimate of drug-likeness (QED) is 0.308. The molecule has 0 unspecified atom stereocenters. The first-order chi connectivity index (χ1) is 16.6. The third-order valence-corrected chi connectivity index (χ3v) is 7.04. The van der Waals surface area contributed by atoms with Gasteiger partial charge in [0.15, 0.2) is 5.78 Å². The standard InChI is InChI=1S/C29H38N2O3/c1-22(32)25-8-7-11-28(21-25)34-19-5-3-2-4-16-31-17-14-23(15-18-31)26-9-6-10-27(20-26)30-29(33)24-12-13-24/h6-11,20-21,23-24H,2-5,12-19H2,1H3,(H,30,33). The maximum absolute atomic E-state index is 12.1. The summed E-state index contributed by atoms with van der Waals surface area (Å²) < 4.78 is 5.81. The van der Waals surface area contributed by atoms with Crippen molar-refractivity contribution in [2.24, 2.45) is 5.92 Å². The largest absolute Gasteiger partial charge is 0.494 e. The van der Waals surface area contributed by atoms with E-state index < -0.39 is 0 Å². The van der Waals surface area contributed by atoms with Gasteiger partial charge in [-0.25, -0.2) is 0 Å². The fraction of sp³-hybridized carbons (Fsp3) is 0.517. The van der Waals surface area contributed by atoms with E-state index >= 15 is 0 Å². The molecule has 1 heterocycles. The van der Waals surface area contributed by atoms with Crippen LogP contribution in [-0.2, 0) is 4.79 Å². The van der Waals surface area contributed by atoms with Crippen molar-refractivity contribution >= 4 is 17.4 Å². The number of nitrogens with one attached hydrogen (secondary N) is 1. The Morgan fingerprint density at radius 1 is 0.941 bits per heavy atom. The van der Waals surface area contributed by atoms with Gasteiger partial charge in [-0.3, -0.25) is 9.59 Å². The van der Waals surface area contributed by atoms with E-state index in [9.17, 15) is 9.59 Å². The second-order valence-electron chi connectivity index (χ2n) is 9.85. The summed E-state index contributed by atoms with van der Waals surface area (Å²) in [7, 11) is 0. The zero-order valence-corrected chi connectivity index (χ0v) is 20.4. The highest BCUT2D eigenvalue weighted by atomic mass is 16.5. The molecule has 1 aliphatic heterocycles. The van der Waals surface area contributed by atoms with E-state index in [1.165, 1.54) is 44.2 Å². The molecule has 0 bridgehead atoms. The number of benzene rings is 2. The van der Waals surface area contributed by atoms with Crippen LogP contribution >= 0.6 is 0 Å². The maximum atomic E-state index is 12.1. The van der Waals surface area contributed by atoms with Gasteiger partial charge >= 0.3 is 0 Å². The second-order valence-corrected chi connectivity index (χ2v) is 9.85. The highest BCUT2D eigenvalue weighted by molar-refractivity contribution is 5.94. The van der Waals surface area contributed by atoms with E-state index in [1.54, 1.807) is 6.92 Å². The molecule has 34 heavy (non-hydrogen) atoms. The molecule has 1 N–H and O–H groups in total. The summed E-state index contributed by atoms with van der Waals surface area (Å²) in [4.78, 5) is 26.1. The van der Waals surface area contributed by atoms with Crippen molar-refractivity contribution in [1.82, 2.24) is 4.90 Å². The predicted molar refractivity (Wildman–Crippen MR) is 137 cm³/mol. The molecular weight excluding hydrogens is 424 g/mol. The summed E-state index contributed by atoms with van der Waals surface area (Å²) in [5.74, 6) is 1.87. The lowest BCUT2D eigenvalue weighted by Gasteiger charge is -2.32. The molecule has 0 radical (unpaired) electrons. The van der Waals surface area contributed by atoms with Gasteiger partial charge in [0, 0.05) is 17.2 Å². The van der Waals surface area contributed by atoms with Crippen LogP contribution in [0.2, 0.25) is 0 Å². The number of Topliss-reactive ketones (excluding diaryl/α,β-unsaturated/α-hetero) is 1. The van der Waals surface area contributed by atoms with Gasteiger partial charge in [-0.15, -0.1) is 0 Å². The Labute approximate surface area is 203 Å². The molecule has 0 spiro atoms. The van der Waals surface area contributed by atoms with Crippen LogP contribution in [0.4, 0.5) is 5.69 Å². The number of anilines is 1. The summed E-state index contributed by atoms with van der Waals surface area (Å²) in [6, 6.07) is 15.9. The third kappa shape index (κ3) is 7.42. The fourth-order valence-corrected chi connectivity index (χ4v) is 4.74. The van der Waals surface area contributed by atoms with Crippen LogP contribution in [0.15, 0.2) is 48.5 Å². The minimum Gasteiger partial charge on any atom is -0.494 e. The van der Waals surface area contributed by atoms with Gasteiger partial charge in [0.1, 0.15) is 5.75 Å². The third-order valence-electron chi connectivity index (χ3n) is 7.04.